The molecule has 0 bridgehead atoms. The largest absolute Gasteiger partial charge is 0.386 e. The topological polar surface area (TPSA) is 38.0 Å². The average Bonchev–Trinajstić information content (AvgIpc) is 2.82. The van der Waals surface area contributed by atoms with E-state index in [4.69, 9.17) is 0 Å². The summed E-state index contributed by atoms with van der Waals surface area (Å²) in [6, 6.07) is 4.72. The van der Waals surface area contributed by atoms with Crippen LogP contribution in [0.2, 0.25) is 0 Å². The van der Waals surface area contributed by atoms with Crippen molar-refractivity contribution in [3.8, 4) is 0 Å². The van der Waals surface area contributed by atoms with Gasteiger partial charge in [-0.1, -0.05) is 15.9 Å². The van der Waals surface area contributed by atoms with Crippen molar-refractivity contribution in [2.45, 2.75) is 26.0 Å². The van der Waals surface area contributed by atoms with Crippen LogP contribution in [0.5, 0.6) is 0 Å². The summed E-state index contributed by atoms with van der Waals surface area (Å²) in [7, 11) is 0. The van der Waals surface area contributed by atoms with Crippen LogP contribution in [0.4, 0.5) is 4.39 Å². The van der Waals surface area contributed by atoms with Crippen LogP contribution >= 0.6 is 15.9 Å². The fourth-order valence-corrected chi connectivity index (χ4v) is 2.29. The minimum Gasteiger partial charge on any atom is -0.386 e. The Hall–Kier alpha value is -1.20. The van der Waals surface area contributed by atoms with E-state index < -0.39 is 6.10 Å². The van der Waals surface area contributed by atoms with Crippen LogP contribution < -0.4 is 0 Å². The van der Waals surface area contributed by atoms with Gasteiger partial charge in [0, 0.05) is 17.4 Å². The zero-order chi connectivity index (χ0) is 13.1. The Morgan fingerprint density at radius 2 is 2.28 bits per heavy atom. The molecule has 1 aromatic heterocycles. The summed E-state index contributed by atoms with van der Waals surface area (Å²) < 4.78 is 16.2. The van der Waals surface area contributed by atoms with Gasteiger partial charge in [-0.3, -0.25) is 0 Å². The van der Waals surface area contributed by atoms with E-state index in [0.717, 1.165) is 11.0 Å². The molecule has 1 heterocycles. The summed E-state index contributed by atoms with van der Waals surface area (Å²) in [6.07, 6.45) is 2.76. The number of hydrogen-bond acceptors (Lipinski definition) is 2. The fourth-order valence-electron chi connectivity index (χ4n) is 1.89. The molecule has 0 aliphatic heterocycles. The second-order valence-electron chi connectivity index (χ2n) is 4.06. The maximum Gasteiger partial charge on any atom is 0.126 e. The number of nitrogens with zero attached hydrogens (tertiary/aromatic N) is 2. The molecule has 1 aromatic carbocycles. The van der Waals surface area contributed by atoms with Crippen molar-refractivity contribution in [2.75, 3.05) is 0 Å². The molecule has 0 radical (unpaired) electrons. The van der Waals surface area contributed by atoms with Crippen molar-refractivity contribution in [3.05, 3.63) is 52.3 Å². The first-order valence-corrected chi connectivity index (χ1v) is 6.53. The Bertz CT molecular complexity index is 542. The van der Waals surface area contributed by atoms with Crippen molar-refractivity contribution in [1.29, 1.82) is 0 Å². The summed E-state index contributed by atoms with van der Waals surface area (Å²) in [5.74, 6) is -0.306. The van der Waals surface area contributed by atoms with Gasteiger partial charge in [-0.05, 0) is 30.7 Å². The number of hydrogen-bond donors (Lipinski definition) is 1. The first kappa shape index (κ1) is 13.2. The fraction of sp³-hybridized carbons (Fsp3) is 0.308. The molecule has 3 nitrogen and oxygen atoms in total. The van der Waals surface area contributed by atoms with Crippen molar-refractivity contribution in [1.82, 2.24) is 9.55 Å². The van der Waals surface area contributed by atoms with Gasteiger partial charge in [0.25, 0.3) is 0 Å². The molecule has 96 valence electrons. The highest BCUT2D eigenvalue weighted by Crippen LogP contribution is 2.22. The molecule has 0 saturated heterocycles. The van der Waals surface area contributed by atoms with Crippen LogP contribution in [0, 0.1) is 5.82 Å². The van der Waals surface area contributed by atoms with Crippen molar-refractivity contribution in [2.24, 2.45) is 0 Å². The standard InChI is InChI=1S/C13H14BrFN2O/c1-2-17-8-16-7-12(17)13(18)6-9-5-10(14)3-4-11(9)15/h3-5,7-8,13,18H,2,6H2,1H3. The van der Waals surface area contributed by atoms with Crippen molar-refractivity contribution in [3.63, 3.8) is 0 Å². The number of aromatic nitrogens is 2. The van der Waals surface area contributed by atoms with Crippen LogP contribution in [-0.2, 0) is 13.0 Å². The lowest BCUT2D eigenvalue weighted by Gasteiger charge is -2.13. The minimum absolute atomic E-state index is 0.233. The number of halogens is 2. The van der Waals surface area contributed by atoms with E-state index in [2.05, 4.69) is 20.9 Å². The van der Waals surface area contributed by atoms with Crippen LogP contribution in [0.25, 0.3) is 0 Å². The Morgan fingerprint density at radius 1 is 1.50 bits per heavy atom. The highest BCUT2D eigenvalue weighted by Gasteiger charge is 2.15. The summed E-state index contributed by atoms with van der Waals surface area (Å²) in [6.45, 7) is 2.70. The number of benzene rings is 1. The third-order valence-corrected chi connectivity index (χ3v) is 3.34. The Morgan fingerprint density at radius 3 is 3.00 bits per heavy atom. The molecule has 0 aliphatic carbocycles. The van der Waals surface area contributed by atoms with Crippen LogP contribution in [0.3, 0.4) is 0 Å². The molecule has 2 aromatic rings. The van der Waals surface area contributed by atoms with Gasteiger partial charge >= 0.3 is 0 Å². The van der Waals surface area contributed by atoms with Gasteiger partial charge in [-0.2, -0.15) is 0 Å². The molecule has 5 heteroatoms. The van der Waals surface area contributed by atoms with Crippen LogP contribution in [0.1, 0.15) is 24.3 Å². The van der Waals surface area contributed by atoms with Gasteiger partial charge < -0.3 is 9.67 Å². The second-order valence-corrected chi connectivity index (χ2v) is 4.98. The van der Waals surface area contributed by atoms with Gasteiger partial charge in [0.2, 0.25) is 0 Å². The van der Waals surface area contributed by atoms with Gasteiger partial charge in [0.1, 0.15) is 5.82 Å². The second kappa shape index (κ2) is 5.63. The number of aliphatic hydroxyl groups excluding tert-OH is 1. The maximum atomic E-state index is 13.6. The third-order valence-electron chi connectivity index (χ3n) is 2.85. The van der Waals surface area contributed by atoms with Gasteiger partial charge in [-0.15, -0.1) is 0 Å². The van der Waals surface area contributed by atoms with E-state index in [0.29, 0.717) is 11.3 Å². The zero-order valence-electron chi connectivity index (χ0n) is 9.98. The quantitative estimate of drug-likeness (QED) is 0.942. The molecular formula is C13H14BrFN2O. The summed E-state index contributed by atoms with van der Waals surface area (Å²) in [5, 5.41) is 10.1. The zero-order valence-corrected chi connectivity index (χ0v) is 11.6. The SMILES string of the molecule is CCn1cncc1C(O)Cc1cc(Br)ccc1F. The van der Waals surface area contributed by atoms with Crippen LogP contribution in [-0.4, -0.2) is 14.7 Å². The van der Waals surface area contributed by atoms with E-state index in [1.165, 1.54) is 6.07 Å². The molecule has 1 atom stereocenters. The molecule has 0 saturated carbocycles. The molecule has 0 spiro atoms. The summed E-state index contributed by atoms with van der Waals surface area (Å²) in [5.41, 5.74) is 1.19. The molecule has 1 N–H and O–H groups in total. The van der Waals surface area contributed by atoms with E-state index in [-0.39, 0.29) is 12.2 Å². The number of aliphatic hydroxyl groups is 1. The van der Waals surface area contributed by atoms with Gasteiger partial charge in [0.05, 0.1) is 24.3 Å². The summed E-state index contributed by atoms with van der Waals surface area (Å²) in [4.78, 5) is 4.00. The first-order valence-electron chi connectivity index (χ1n) is 5.73. The normalized spacial score (nSPS) is 12.7. The third kappa shape index (κ3) is 2.79. The van der Waals surface area contributed by atoms with Gasteiger partial charge in [-0.25, -0.2) is 9.37 Å². The van der Waals surface area contributed by atoms with E-state index in [9.17, 15) is 9.50 Å². The monoisotopic (exact) mass is 312 g/mol. The van der Waals surface area contributed by atoms with Crippen molar-refractivity contribution >= 4 is 15.9 Å². The predicted octanol–water partition coefficient (Wildman–Crippen LogP) is 3.08. The summed E-state index contributed by atoms with van der Waals surface area (Å²) >= 11 is 3.30. The highest BCUT2D eigenvalue weighted by atomic mass is 79.9. The molecule has 0 fully saturated rings. The number of aryl methyl sites for hydroxylation is 1. The van der Waals surface area contributed by atoms with Gasteiger partial charge in [0.15, 0.2) is 0 Å². The van der Waals surface area contributed by atoms with E-state index in [1.54, 1.807) is 24.7 Å². The number of rotatable bonds is 4. The van der Waals surface area contributed by atoms with Crippen molar-refractivity contribution < 1.29 is 9.50 Å². The maximum absolute atomic E-state index is 13.6. The molecule has 18 heavy (non-hydrogen) atoms. The van der Waals surface area contributed by atoms with E-state index >= 15 is 0 Å². The highest BCUT2D eigenvalue weighted by molar-refractivity contribution is 9.10. The molecule has 0 amide bonds. The first-order chi connectivity index (χ1) is 8.61. The van der Waals surface area contributed by atoms with Crippen LogP contribution in [0.15, 0.2) is 35.2 Å². The minimum atomic E-state index is -0.753. The predicted molar refractivity (Wildman–Crippen MR) is 70.7 cm³/mol. The smallest absolute Gasteiger partial charge is 0.126 e. The lowest BCUT2D eigenvalue weighted by molar-refractivity contribution is 0.167. The Balaban J connectivity index is 2.21. The molecular weight excluding hydrogens is 299 g/mol. The number of imidazole rings is 1. The molecule has 2 rings (SSSR count). The van der Waals surface area contributed by atoms with E-state index in [1.807, 2.05) is 11.5 Å². The molecule has 0 aliphatic rings. The molecule has 1 unspecified atom stereocenters. The Kier molecular flexibility index (Phi) is 4.14. The Labute approximate surface area is 113 Å². The average molecular weight is 313 g/mol. The lowest BCUT2D eigenvalue weighted by Crippen LogP contribution is -2.09. The lowest BCUT2D eigenvalue weighted by atomic mass is 10.1.